The highest BCUT2D eigenvalue weighted by molar-refractivity contribution is 5.94. The number of carbonyl (C=O) groups excluding carboxylic acids is 2. The lowest BCUT2D eigenvalue weighted by Crippen LogP contribution is -2.29. The molecule has 2 N–H and O–H groups in total. The molecule has 2 amide bonds. The third-order valence-corrected chi connectivity index (χ3v) is 5.69. The third-order valence-electron chi connectivity index (χ3n) is 5.69. The van der Waals surface area contributed by atoms with Crippen LogP contribution in [0.4, 0.5) is 23.7 Å². The molecular formula is C28H24F3N3O3. The highest BCUT2D eigenvalue weighted by Crippen LogP contribution is 2.36. The number of nitrogens with one attached hydrogen (secondary N) is 2. The van der Waals surface area contributed by atoms with Gasteiger partial charge in [-0.3, -0.25) is 9.78 Å². The fourth-order valence-corrected chi connectivity index (χ4v) is 3.74. The van der Waals surface area contributed by atoms with Crippen LogP contribution < -0.4 is 15.4 Å². The number of amides is 2. The smallest absolute Gasteiger partial charge is 0.416 e. The number of hydrogen-bond donors (Lipinski definition) is 2. The SMILES string of the molecule is CCC(=O)c1cc(Oc2ccc(CNC(=O)Nc3cc(C(F)(F)F)ccc3C3C=CC=C3)cc2)ccn1. The van der Waals surface area contributed by atoms with E-state index < -0.39 is 17.8 Å². The van der Waals surface area contributed by atoms with Gasteiger partial charge >= 0.3 is 12.2 Å². The molecule has 190 valence electrons. The van der Waals surface area contributed by atoms with Crippen LogP contribution >= 0.6 is 0 Å². The maximum Gasteiger partial charge on any atom is 0.416 e. The number of urea groups is 1. The summed E-state index contributed by atoms with van der Waals surface area (Å²) in [6, 6.07) is 12.8. The fraction of sp³-hybridized carbons (Fsp3) is 0.179. The molecular weight excluding hydrogens is 483 g/mol. The molecule has 4 rings (SSSR count). The van der Waals surface area contributed by atoms with Gasteiger partial charge < -0.3 is 15.4 Å². The zero-order valence-corrected chi connectivity index (χ0v) is 19.9. The number of anilines is 1. The number of halogens is 3. The van der Waals surface area contributed by atoms with Gasteiger partial charge in [0.1, 0.15) is 17.2 Å². The molecule has 37 heavy (non-hydrogen) atoms. The minimum atomic E-state index is -4.53. The molecule has 0 spiro atoms. The summed E-state index contributed by atoms with van der Waals surface area (Å²) in [5, 5.41) is 5.22. The van der Waals surface area contributed by atoms with Crippen molar-refractivity contribution in [3.8, 4) is 11.5 Å². The lowest BCUT2D eigenvalue weighted by Gasteiger charge is -2.17. The standard InChI is InChI=1S/C28H24F3N3O3/c1-2-26(35)25-16-22(13-14-32-25)37-21-10-7-18(8-11-21)17-33-27(36)34-24-15-20(28(29,30)31)9-12-23(24)19-5-3-4-6-19/h3-16,19H,2,17H2,1H3,(H2,33,34,36). The molecule has 9 heteroatoms. The van der Waals surface area contributed by atoms with Crippen molar-refractivity contribution >= 4 is 17.5 Å². The molecule has 1 heterocycles. The molecule has 1 aliphatic carbocycles. The van der Waals surface area contributed by atoms with Gasteiger partial charge in [0.2, 0.25) is 0 Å². The Labute approximate surface area is 211 Å². The summed E-state index contributed by atoms with van der Waals surface area (Å²) < 4.78 is 45.5. The van der Waals surface area contributed by atoms with Crippen LogP contribution in [-0.2, 0) is 12.7 Å². The molecule has 0 atom stereocenters. The van der Waals surface area contributed by atoms with E-state index in [0.717, 1.165) is 17.7 Å². The highest BCUT2D eigenvalue weighted by atomic mass is 19.4. The van der Waals surface area contributed by atoms with Gasteiger partial charge in [0.05, 0.1) is 5.56 Å². The number of hydrogen-bond acceptors (Lipinski definition) is 4. The number of nitrogens with zero attached hydrogens (tertiary/aromatic N) is 1. The van der Waals surface area contributed by atoms with Crippen LogP contribution in [0, 0.1) is 0 Å². The lowest BCUT2D eigenvalue weighted by atomic mass is 9.97. The Morgan fingerprint density at radius 3 is 2.38 bits per heavy atom. The summed E-state index contributed by atoms with van der Waals surface area (Å²) >= 11 is 0. The van der Waals surface area contributed by atoms with Crippen molar-refractivity contribution in [1.82, 2.24) is 10.3 Å². The second-order valence-electron chi connectivity index (χ2n) is 8.30. The molecule has 6 nitrogen and oxygen atoms in total. The van der Waals surface area contributed by atoms with Gasteiger partial charge in [-0.05, 0) is 41.5 Å². The zero-order valence-electron chi connectivity index (χ0n) is 19.9. The van der Waals surface area contributed by atoms with Crippen molar-refractivity contribution in [2.24, 2.45) is 0 Å². The van der Waals surface area contributed by atoms with Crippen LogP contribution in [0.2, 0.25) is 0 Å². The van der Waals surface area contributed by atoms with Crippen molar-refractivity contribution in [2.45, 2.75) is 32.0 Å². The van der Waals surface area contributed by atoms with E-state index in [1.54, 1.807) is 55.5 Å². The summed E-state index contributed by atoms with van der Waals surface area (Å²) in [6.45, 7) is 1.90. The number of ketones is 1. The van der Waals surface area contributed by atoms with Crippen molar-refractivity contribution in [2.75, 3.05) is 5.32 Å². The van der Waals surface area contributed by atoms with Gasteiger partial charge in [0, 0.05) is 36.8 Å². The van der Waals surface area contributed by atoms with Gasteiger partial charge in [-0.1, -0.05) is 49.4 Å². The van der Waals surface area contributed by atoms with Gasteiger partial charge in [-0.25, -0.2) is 4.79 Å². The Bertz CT molecular complexity index is 1340. The molecule has 1 aromatic heterocycles. The van der Waals surface area contributed by atoms with Gasteiger partial charge in [0.15, 0.2) is 5.78 Å². The molecule has 0 unspecified atom stereocenters. The number of allylic oxidation sites excluding steroid dienone is 4. The molecule has 0 bridgehead atoms. The summed E-state index contributed by atoms with van der Waals surface area (Å²) in [4.78, 5) is 28.4. The largest absolute Gasteiger partial charge is 0.457 e. The van der Waals surface area contributed by atoms with E-state index in [0.29, 0.717) is 29.2 Å². The van der Waals surface area contributed by atoms with Crippen molar-refractivity contribution in [3.63, 3.8) is 0 Å². The Morgan fingerprint density at radius 1 is 0.973 bits per heavy atom. The first-order valence-electron chi connectivity index (χ1n) is 11.6. The summed E-state index contributed by atoms with van der Waals surface area (Å²) in [7, 11) is 0. The van der Waals surface area contributed by atoms with E-state index >= 15 is 0 Å². The molecule has 0 aliphatic heterocycles. The molecule has 0 saturated carbocycles. The minimum Gasteiger partial charge on any atom is -0.457 e. The first-order valence-corrected chi connectivity index (χ1v) is 11.6. The number of carbonyl (C=O) groups is 2. The monoisotopic (exact) mass is 507 g/mol. The number of pyridine rings is 1. The van der Waals surface area contributed by atoms with Crippen LogP contribution in [0.1, 0.15) is 46.4 Å². The molecule has 3 aromatic rings. The predicted molar refractivity (Wildman–Crippen MR) is 134 cm³/mol. The van der Waals surface area contributed by atoms with Crippen LogP contribution in [0.25, 0.3) is 0 Å². The summed E-state index contributed by atoms with van der Waals surface area (Å²) in [5.41, 5.74) is 0.902. The average Bonchev–Trinajstić information content (AvgIpc) is 3.42. The number of alkyl halides is 3. The number of aromatic nitrogens is 1. The summed E-state index contributed by atoms with van der Waals surface area (Å²) in [5.74, 6) is 0.696. The Morgan fingerprint density at radius 2 is 1.70 bits per heavy atom. The molecule has 0 fully saturated rings. The maximum absolute atomic E-state index is 13.2. The molecule has 2 aromatic carbocycles. The number of rotatable bonds is 8. The van der Waals surface area contributed by atoms with Gasteiger partial charge in [-0.2, -0.15) is 13.2 Å². The van der Waals surface area contributed by atoms with Gasteiger partial charge in [-0.15, -0.1) is 0 Å². The second kappa shape index (κ2) is 11.1. The van der Waals surface area contributed by atoms with Crippen LogP contribution in [0.3, 0.4) is 0 Å². The first kappa shape index (κ1) is 25.7. The zero-order chi connectivity index (χ0) is 26.4. The van der Waals surface area contributed by atoms with E-state index in [1.807, 2.05) is 12.2 Å². The topological polar surface area (TPSA) is 80.3 Å². The predicted octanol–water partition coefficient (Wildman–Crippen LogP) is 7.02. The van der Waals surface area contributed by atoms with E-state index in [1.165, 1.54) is 12.3 Å². The maximum atomic E-state index is 13.2. The van der Waals surface area contributed by atoms with Crippen molar-refractivity contribution in [3.05, 3.63) is 107 Å². The number of benzene rings is 2. The van der Waals surface area contributed by atoms with E-state index in [2.05, 4.69) is 15.6 Å². The normalized spacial score (nSPS) is 13.0. The number of Topliss-reactive ketones (excluding diaryl/α,β-unsaturated/α-hetero) is 1. The van der Waals surface area contributed by atoms with Gasteiger partial charge in [0.25, 0.3) is 0 Å². The Balaban J connectivity index is 1.38. The van der Waals surface area contributed by atoms with Crippen LogP contribution in [-0.4, -0.2) is 16.8 Å². The van der Waals surface area contributed by atoms with Crippen molar-refractivity contribution < 1.29 is 27.5 Å². The molecule has 1 aliphatic rings. The van der Waals surface area contributed by atoms with Crippen LogP contribution in [0.15, 0.2) is 85.1 Å². The quantitative estimate of drug-likeness (QED) is 0.321. The first-order chi connectivity index (χ1) is 17.7. The lowest BCUT2D eigenvalue weighted by molar-refractivity contribution is -0.137. The third kappa shape index (κ3) is 6.63. The Hall–Kier alpha value is -4.40. The minimum absolute atomic E-state index is 0.0847. The fourth-order valence-electron chi connectivity index (χ4n) is 3.74. The van der Waals surface area contributed by atoms with Crippen molar-refractivity contribution in [1.29, 1.82) is 0 Å². The molecule has 0 radical (unpaired) electrons. The summed E-state index contributed by atoms with van der Waals surface area (Å²) in [6.07, 6.45) is 4.60. The van der Waals surface area contributed by atoms with E-state index in [-0.39, 0.29) is 23.9 Å². The average molecular weight is 508 g/mol. The number of ether oxygens (including phenoxy) is 1. The Kier molecular flexibility index (Phi) is 7.71. The molecule has 0 saturated heterocycles. The van der Waals surface area contributed by atoms with E-state index in [9.17, 15) is 22.8 Å². The highest BCUT2D eigenvalue weighted by Gasteiger charge is 2.31. The van der Waals surface area contributed by atoms with Crippen LogP contribution in [0.5, 0.6) is 11.5 Å². The van der Waals surface area contributed by atoms with E-state index in [4.69, 9.17) is 4.74 Å². The second-order valence-corrected chi connectivity index (χ2v) is 8.30.